The van der Waals surface area contributed by atoms with Crippen molar-refractivity contribution in [3.05, 3.63) is 83.7 Å². The molecule has 29 heavy (non-hydrogen) atoms. The van der Waals surface area contributed by atoms with Crippen LogP contribution in [0, 0.1) is 12.7 Å². The molecule has 0 aliphatic heterocycles. The number of hydrogen-bond acceptors (Lipinski definition) is 4. The first kappa shape index (κ1) is 18.8. The Hall–Kier alpha value is -3.58. The van der Waals surface area contributed by atoms with E-state index in [4.69, 9.17) is 16.6 Å². The molecule has 3 aromatic carbocycles. The minimum atomic E-state index is -0.359. The number of halogens is 1. The van der Waals surface area contributed by atoms with Gasteiger partial charge in [0.2, 0.25) is 5.89 Å². The first-order valence-corrected chi connectivity index (χ1v) is 9.24. The smallest absolute Gasteiger partial charge is 0.257 e. The fraction of sp³-hybridized carbons (Fsp3) is 0.0455. The molecule has 1 heterocycles. The Bertz CT molecular complexity index is 1240. The van der Waals surface area contributed by atoms with Gasteiger partial charge >= 0.3 is 0 Å². The van der Waals surface area contributed by atoms with E-state index in [2.05, 4.69) is 15.6 Å². The van der Waals surface area contributed by atoms with Crippen molar-refractivity contribution in [3.8, 4) is 11.5 Å². The highest BCUT2D eigenvalue weighted by Crippen LogP contribution is 2.26. The van der Waals surface area contributed by atoms with Gasteiger partial charge in [0.1, 0.15) is 11.3 Å². The van der Waals surface area contributed by atoms with E-state index in [-0.39, 0.29) is 16.8 Å². The summed E-state index contributed by atoms with van der Waals surface area (Å²) in [4.78, 5) is 16.7. The summed E-state index contributed by atoms with van der Waals surface area (Å²) in [5, 5.41) is 5.79. The number of aryl methyl sites for hydroxylation is 1. The van der Waals surface area contributed by atoms with Gasteiger partial charge in [-0.15, -0.1) is 0 Å². The quantitative estimate of drug-likeness (QED) is 0.466. The van der Waals surface area contributed by atoms with Crippen molar-refractivity contribution in [1.29, 1.82) is 0 Å². The van der Waals surface area contributed by atoms with Crippen molar-refractivity contribution in [3.63, 3.8) is 0 Å². The molecule has 1 aromatic heterocycles. The molecule has 2 N–H and O–H groups in total. The molecule has 0 unspecified atom stereocenters. The molecule has 0 fully saturated rings. The van der Waals surface area contributed by atoms with E-state index in [1.807, 2.05) is 19.1 Å². The van der Waals surface area contributed by atoms with Gasteiger partial charge in [0.15, 0.2) is 10.7 Å². The molecule has 0 aliphatic carbocycles. The third-order valence-corrected chi connectivity index (χ3v) is 4.43. The Morgan fingerprint density at radius 1 is 1.07 bits per heavy atom. The van der Waals surface area contributed by atoms with E-state index < -0.39 is 0 Å². The van der Waals surface area contributed by atoms with Gasteiger partial charge in [-0.25, -0.2) is 9.37 Å². The second-order valence-electron chi connectivity index (χ2n) is 6.49. The number of hydrogen-bond donors (Lipinski definition) is 2. The van der Waals surface area contributed by atoms with Crippen LogP contribution in [0.4, 0.5) is 10.1 Å². The molecular formula is C22H16FN3O2S. The first-order chi connectivity index (χ1) is 14.0. The van der Waals surface area contributed by atoms with Crippen molar-refractivity contribution in [2.75, 3.05) is 5.32 Å². The zero-order valence-electron chi connectivity index (χ0n) is 15.4. The fourth-order valence-corrected chi connectivity index (χ4v) is 3.08. The summed E-state index contributed by atoms with van der Waals surface area (Å²) in [6, 6.07) is 18.5. The van der Waals surface area contributed by atoms with Crippen LogP contribution in [0.5, 0.6) is 0 Å². The van der Waals surface area contributed by atoms with Gasteiger partial charge in [0.05, 0.1) is 0 Å². The van der Waals surface area contributed by atoms with Crippen molar-refractivity contribution >= 4 is 40.0 Å². The lowest BCUT2D eigenvalue weighted by Crippen LogP contribution is -2.34. The number of carbonyl (C=O) groups is 1. The van der Waals surface area contributed by atoms with Gasteiger partial charge in [-0.1, -0.05) is 23.8 Å². The average molecular weight is 405 g/mol. The summed E-state index contributed by atoms with van der Waals surface area (Å²) in [6.45, 7) is 1.92. The normalized spacial score (nSPS) is 10.7. The maximum Gasteiger partial charge on any atom is 0.257 e. The second kappa shape index (κ2) is 7.81. The molecule has 4 aromatic rings. The Morgan fingerprint density at radius 3 is 2.69 bits per heavy atom. The molecule has 7 heteroatoms. The van der Waals surface area contributed by atoms with Crippen LogP contribution in [0.15, 0.2) is 71.1 Å². The summed E-state index contributed by atoms with van der Waals surface area (Å²) in [5.41, 5.74) is 3.86. The molecule has 144 valence electrons. The SMILES string of the molecule is Cc1cccc(C(=O)NC(=S)Nc2ccc3oc(-c4cccc(F)c4)nc3c2)c1. The number of thiocarbonyl (C=S) groups is 1. The van der Waals surface area contributed by atoms with Gasteiger partial charge in [0, 0.05) is 16.8 Å². The number of rotatable bonds is 3. The van der Waals surface area contributed by atoms with Crippen molar-refractivity contribution in [1.82, 2.24) is 10.3 Å². The van der Waals surface area contributed by atoms with Gasteiger partial charge in [-0.3, -0.25) is 10.1 Å². The first-order valence-electron chi connectivity index (χ1n) is 8.83. The van der Waals surface area contributed by atoms with Crippen LogP contribution in [-0.2, 0) is 0 Å². The van der Waals surface area contributed by atoms with E-state index in [1.165, 1.54) is 12.1 Å². The van der Waals surface area contributed by atoms with Crippen molar-refractivity contribution in [2.45, 2.75) is 6.92 Å². The van der Waals surface area contributed by atoms with E-state index in [9.17, 15) is 9.18 Å². The summed E-state index contributed by atoms with van der Waals surface area (Å²) < 4.78 is 19.1. The zero-order chi connectivity index (χ0) is 20.4. The Balaban J connectivity index is 1.49. The minimum absolute atomic E-state index is 0.171. The molecule has 0 aliphatic rings. The second-order valence-corrected chi connectivity index (χ2v) is 6.90. The number of benzene rings is 3. The monoisotopic (exact) mass is 405 g/mol. The van der Waals surface area contributed by atoms with Crippen LogP contribution >= 0.6 is 12.2 Å². The van der Waals surface area contributed by atoms with Gasteiger partial charge in [-0.2, -0.15) is 0 Å². The molecule has 0 spiro atoms. The van der Waals surface area contributed by atoms with Crippen LogP contribution in [0.3, 0.4) is 0 Å². The Morgan fingerprint density at radius 2 is 1.90 bits per heavy atom. The van der Waals surface area contributed by atoms with Crippen LogP contribution in [0.1, 0.15) is 15.9 Å². The number of aromatic nitrogens is 1. The maximum atomic E-state index is 13.4. The molecule has 4 rings (SSSR count). The van der Waals surface area contributed by atoms with Crippen molar-refractivity contribution in [2.24, 2.45) is 0 Å². The molecule has 5 nitrogen and oxygen atoms in total. The number of oxazole rings is 1. The number of nitrogens with one attached hydrogen (secondary N) is 2. The summed E-state index contributed by atoms with van der Waals surface area (Å²) in [6.07, 6.45) is 0. The Labute approximate surface area is 171 Å². The molecule has 0 radical (unpaired) electrons. The van der Waals surface area contributed by atoms with E-state index >= 15 is 0 Å². The third-order valence-electron chi connectivity index (χ3n) is 4.22. The standard InChI is InChI=1S/C22H16FN3O2S/c1-13-4-2-5-14(10-13)20(27)26-22(29)24-17-8-9-19-18(12-17)25-21(28-19)15-6-3-7-16(23)11-15/h2-12H,1H3,(H2,24,26,27,29). The molecule has 0 atom stereocenters. The highest BCUT2D eigenvalue weighted by molar-refractivity contribution is 7.80. The molecule has 0 bridgehead atoms. The third kappa shape index (κ3) is 4.30. The highest BCUT2D eigenvalue weighted by atomic mass is 32.1. The van der Waals surface area contributed by atoms with Crippen LogP contribution < -0.4 is 10.6 Å². The highest BCUT2D eigenvalue weighted by Gasteiger charge is 2.11. The summed E-state index contributed by atoms with van der Waals surface area (Å²) in [5.74, 6) is -0.323. The van der Waals surface area contributed by atoms with Gasteiger partial charge in [-0.05, 0) is 67.7 Å². The van der Waals surface area contributed by atoms with Crippen molar-refractivity contribution < 1.29 is 13.6 Å². The molecular weight excluding hydrogens is 389 g/mol. The van der Waals surface area contributed by atoms with Crippen LogP contribution in [0.2, 0.25) is 0 Å². The lowest BCUT2D eigenvalue weighted by Gasteiger charge is -2.09. The topological polar surface area (TPSA) is 67.2 Å². The minimum Gasteiger partial charge on any atom is -0.436 e. The predicted molar refractivity (Wildman–Crippen MR) is 114 cm³/mol. The lowest BCUT2D eigenvalue weighted by molar-refractivity contribution is 0.0977. The van der Waals surface area contributed by atoms with Gasteiger partial charge < -0.3 is 9.73 Å². The van der Waals surface area contributed by atoms with Gasteiger partial charge in [0.25, 0.3) is 5.91 Å². The summed E-state index contributed by atoms with van der Waals surface area (Å²) in [7, 11) is 0. The predicted octanol–water partition coefficient (Wildman–Crippen LogP) is 5.07. The molecule has 1 amide bonds. The van der Waals surface area contributed by atoms with Crippen LogP contribution in [0.25, 0.3) is 22.6 Å². The fourth-order valence-electron chi connectivity index (χ4n) is 2.87. The van der Waals surface area contributed by atoms with E-state index in [0.717, 1.165) is 5.56 Å². The average Bonchev–Trinajstić information content (AvgIpc) is 3.11. The zero-order valence-corrected chi connectivity index (χ0v) is 16.2. The molecule has 0 saturated heterocycles. The number of fused-ring (bicyclic) bond motifs is 1. The summed E-state index contributed by atoms with van der Waals surface area (Å²) >= 11 is 5.24. The molecule has 0 saturated carbocycles. The van der Waals surface area contributed by atoms with Crippen LogP contribution in [-0.4, -0.2) is 16.0 Å². The number of carbonyl (C=O) groups excluding carboxylic acids is 1. The number of anilines is 1. The largest absolute Gasteiger partial charge is 0.436 e. The van der Waals surface area contributed by atoms with E-state index in [0.29, 0.717) is 33.8 Å². The lowest BCUT2D eigenvalue weighted by atomic mass is 10.1. The van der Waals surface area contributed by atoms with E-state index in [1.54, 1.807) is 42.5 Å². The number of nitrogens with zero attached hydrogens (tertiary/aromatic N) is 1. The maximum absolute atomic E-state index is 13.4. The Kier molecular flexibility index (Phi) is 5.05. The number of amides is 1.